The molecule has 1 aliphatic heterocycles. The Morgan fingerprint density at radius 2 is 1.80 bits per heavy atom. The van der Waals surface area contributed by atoms with Gasteiger partial charge >= 0.3 is 0 Å². The molecule has 10 heteroatoms. The molecular formula is C31H41ClN4O4S. The Bertz CT molecular complexity index is 1280. The van der Waals surface area contributed by atoms with E-state index >= 15 is 0 Å². The Kier molecular flexibility index (Phi) is 11.3. The van der Waals surface area contributed by atoms with Crippen molar-refractivity contribution in [3.05, 3.63) is 94.5 Å². The van der Waals surface area contributed by atoms with E-state index in [0.717, 1.165) is 36.1 Å². The topological polar surface area (TPSA) is 117 Å². The molecule has 0 radical (unpaired) electrons. The van der Waals surface area contributed by atoms with Crippen molar-refractivity contribution in [1.82, 2.24) is 10.6 Å². The lowest BCUT2D eigenvalue weighted by molar-refractivity contribution is 0.0831. The molecule has 1 fully saturated rings. The lowest BCUT2D eigenvalue weighted by Crippen LogP contribution is -2.49. The van der Waals surface area contributed by atoms with E-state index in [2.05, 4.69) is 16.0 Å². The molecule has 1 aliphatic rings. The second-order valence-corrected chi connectivity index (χ2v) is 12.9. The maximum Gasteiger partial charge on any atom is 0.251 e. The van der Waals surface area contributed by atoms with Gasteiger partial charge in [-0.05, 0) is 80.6 Å². The van der Waals surface area contributed by atoms with Crippen LogP contribution in [0.15, 0.2) is 72.8 Å². The summed E-state index contributed by atoms with van der Waals surface area (Å²) in [5.74, 6) is -0.0197. The van der Waals surface area contributed by atoms with Crippen LogP contribution in [-0.2, 0) is 12.8 Å². The van der Waals surface area contributed by atoms with E-state index in [1.165, 1.54) is 0 Å². The molecule has 0 bridgehead atoms. The summed E-state index contributed by atoms with van der Waals surface area (Å²) in [6.45, 7) is 4.08. The van der Waals surface area contributed by atoms with Crippen molar-refractivity contribution >= 4 is 39.7 Å². The first-order valence-electron chi connectivity index (χ1n) is 14.2. The van der Waals surface area contributed by atoms with Crippen LogP contribution in [0.25, 0.3) is 0 Å². The number of nitrogens with zero attached hydrogens (tertiary/aromatic N) is 1. The normalized spacial score (nSPS) is 17.0. The quantitative estimate of drug-likeness (QED) is 0.142. The molecule has 1 heterocycles. The first kappa shape index (κ1) is 31.2. The number of benzene rings is 3. The lowest BCUT2D eigenvalue weighted by Gasteiger charge is -2.47. The minimum absolute atomic E-state index is 0.301. The second kappa shape index (κ2) is 14.9. The van der Waals surface area contributed by atoms with Crippen molar-refractivity contribution in [2.24, 2.45) is 0 Å². The van der Waals surface area contributed by atoms with Crippen molar-refractivity contribution in [2.45, 2.75) is 44.8 Å². The SMILES string of the molecule is CCNc1cc(C(=O)N[C@@H](Cc2ccccc2)[C@@H](O)CNCCc2cccc(Cl)c2)cc(N2CCCCS2(O)O)c1. The van der Waals surface area contributed by atoms with Crippen LogP contribution in [0, 0.1) is 0 Å². The lowest BCUT2D eigenvalue weighted by atomic mass is 10.00. The number of aliphatic hydroxyl groups excluding tert-OH is 1. The fourth-order valence-electron chi connectivity index (χ4n) is 5.02. The predicted octanol–water partition coefficient (Wildman–Crippen LogP) is 5.57. The molecular weight excluding hydrogens is 560 g/mol. The standard InChI is InChI=1S/C31H41ClN4O4S/c1-2-34-27-19-25(20-28(21-27)36-15-6-7-16-41(36,39)40)31(38)35-29(18-23-9-4-3-5-10-23)30(37)22-33-14-13-24-11-8-12-26(32)17-24/h3-5,8-12,17,19-21,29-30,33-34,37,39-40H,2,6-7,13-16,18,22H2,1H3,(H,35,38)/t29-,30-/m0/s1. The van der Waals surface area contributed by atoms with E-state index in [-0.39, 0.29) is 5.91 Å². The van der Waals surface area contributed by atoms with Crippen LogP contribution >= 0.6 is 22.4 Å². The number of halogens is 1. The largest absolute Gasteiger partial charge is 0.390 e. The number of amides is 1. The first-order valence-corrected chi connectivity index (χ1v) is 16.2. The van der Waals surface area contributed by atoms with E-state index in [4.69, 9.17) is 11.6 Å². The molecule has 41 heavy (non-hydrogen) atoms. The Hall–Kier alpha value is -2.79. The van der Waals surface area contributed by atoms with E-state index in [9.17, 15) is 19.0 Å². The summed E-state index contributed by atoms with van der Waals surface area (Å²) in [6, 6.07) is 22.2. The highest BCUT2D eigenvalue weighted by molar-refractivity contribution is 8.25. The van der Waals surface area contributed by atoms with Crippen LogP contribution in [0.1, 0.15) is 41.3 Å². The fraction of sp³-hybridized carbons (Fsp3) is 0.387. The zero-order chi connectivity index (χ0) is 29.2. The number of nitrogens with one attached hydrogen (secondary N) is 3. The van der Waals surface area contributed by atoms with Crippen molar-refractivity contribution in [2.75, 3.05) is 41.6 Å². The minimum atomic E-state index is -2.95. The van der Waals surface area contributed by atoms with Crippen LogP contribution in [0.4, 0.5) is 11.4 Å². The van der Waals surface area contributed by atoms with Gasteiger partial charge in [-0.3, -0.25) is 18.2 Å². The van der Waals surface area contributed by atoms with Crippen LogP contribution in [0.2, 0.25) is 5.02 Å². The van der Waals surface area contributed by atoms with E-state index < -0.39 is 22.9 Å². The number of aliphatic hydroxyl groups is 1. The van der Waals surface area contributed by atoms with Gasteiger partial charge in [-0.25, -0.2) is 0 Å². The second-order valence-electron chi connectivity index (χ2n) is 10.4. The molecule has 222 valence electrons. The van der Waals surface area contributed by atoms with Gasteiger partial charge in [0.25, 0.3) is 5.91 Å². The van der Waals surface area contributed by atoms with Gasteiger partial charge in [-0.1, -0.05) is 54.1 Å². The number of anilines is 2. The summed E-state index contributed by atoms with van der Waals surface area (Å²) in [5, 5.41) is 21.5. The molecule has 8 nitrogen and oxygen atoms in total. The summed E-state index contributed by atoms with van der Waals surface area (Å²) in [4.78, 5) is 13.6. The van der Waals surface area contributed by atoms with Crippen molar-refractivity contribution < 1.29 is 19.0 Å². The van der Waals surface area contributed by atoms with Crippen LogP contribution in [0.5, 0.6) is 0 Å². The average molecular weight is 601 g/mol. The molecule has 1 saturated heterocycles. The molecule has 0 saturated carbocycles. The maximum atomic E-state index is 13.6. The molecule has 2 atom stereocenters. The zero-order valence-electron chi connectivity index (χ0n) is 23.4. The molecule has 3 aromatic carbocycles. The highest BCUT2D eigenvalue weighted by Gasteiger charge is 2.28. The van der Waals surface area contributed by atoms with Gasteiger partial charge in [0.1, 0.15) is 0 Å². The third-order valence-electron chi connectivity index (χ3n) is 7.14. The molecule has 4 rings (SSSR count). The first-order chi connectivity index (χ1) is 19.7. The number of hydrogen-bond donors (Lipinski definition) is 6. The van der Waals surface area contributed by atoms with Gasteiger partial charge in [0.2, 0.25) is 0 Å². The molecule has 6 N–H and O–H groups in total. The number of carbonyl (C=O) groups is 1. The minimum Gasteiger partial charge on any atom is -0.390 e. The maximum absolute atomic E-state index is 13.6. The number of rotatable bonds is 13. The molecule has 3 aromatic rings. The smallest absolute Gasteiger partial charge is 0.251 e. The average Bonchev–Trinajstić information content (AvgIpc) is 2.95. The zero-order valence-corrected chi connectivity index (χ0v) is 25.0. The Morgan fingerprint density at radius 3 is 2.54 bits per heavy atom. The molecule has 0 aromatic heterocycles. The number of carbonyl (C=O) groups excluding carboxylic acids is 1. The molecule has 1 amide bonds. The monoisotopic (exact) mass is 600 g/mol. The summed E-state index contributed by atoms with van der Waals surface area (Å²) >= 11 is 6.09. The van der Waals surface area contributed by atoms with Crippen molar-refractivity contribution in [3.63, 3.8) is 0 Å². The van der Waals surface area contributed by atoms with Crippen LogP contribution in [-0.4, -0.2) is 64.2 Å². The highest BCUT2D eigenvalue weighted by Crippen LogP contribution is 2.50. The molecule has 0 unspecified atom stereocenters. The van der Waals surface area contributed by atoms with Crippen molar-refractivity contribution in [3.8, 4) is 0 Å². The molecule has 0 aliphatic carbocycles. The third kappa shape index (κ3) is 9.10. The summed E-state index contributed by atoms with van der Waals surface area (Å²) in [6.07, 6.45) is 1.97. The van der Waals surface area contributed by atoms with E-state index in [0.29, 0.717) is 54.6 Å². The van der Waals surface area contributed by atoms with Gasteiger partial charge in [0, 0.05) is 35.9 Å². The third-order valence-corrected chi connectivity index (χ3v) is 9.31. The van der Waals surface area contributed by atoms with Crippen LogP contribution in [0.3, 0.4) is 0 Å². The Balaban J connectivity index is 1.49. The Labute approximate surface area is 249 Å². The van der Waals surface area contributed by atoms with E-state index in [1.807, 2.05) is 67.6 Å². The summed E-state index contributed by atoms with van der Waals surface area (Å²) in [7, 11) is -2.95. The van der Waals surface area contributed by atoms with Crippen molar-refractivity contribution in [1.29, 1.82) is 0 Å². The summed E-state index contributed by atoms with van der Waals surface area (Å²) < 4.78 is 23.0. The van der Waals surface area contributed by atoms with Gasteiger partial charge in [-0.2, -0.15) is 0 Å². The van der Waals surface area contributed by atoms with Gasteiger partial charge in [-0.15, -0.1) is 10.8 Å². The highest BCUT2D eigenvalue weighted by atomic mass is 35.5. The fourth-order valence-corrected chi connectivity index (χ4v) is 6.91. The van der Waals surface area contributed by atoms with Crippen LogP contribution < -0.4 is 20.3 Å². The number of hydrogen-bond acceptors (Lipinski definition) is 7. The van der Waals surface area contributed by atoms with Gasteiger partial charge in [0.05, 0.1) is 23.6 Å². The summed E-state index contributed by atoms with van der Waals surface area (Å²) in [5.41, 5.74) is 3.81. The molecule has 0 spiro atoms. The van der Waals surface area contributed by atoms with E-state index in [1.54, 1.807) is 16.4 Å². The predicted molar refractivity (Wildman–Crippen MR) is 170 cm³/mol. The Morgan fingerprint density at radius 1 is 1.02 bits per heavy atom. The van der Waals surface area contributed by atoms with Gasteiger partial charge < -0.3 is 21.1 Å². The van der Waals surface area contributed by atoms with Gasteiger partial charge in [0.15, 0.2) is 0 Å².